The van der Waals surface area contributed by atoms with Crippen molar-refractivity contribution in [3.63, 3.8) is 0 Å². The Kier molecular flexibility index (Phi) is 4.81. The van der Waals surface area contributed by atoms with Crippen molar-refractivity contribution in [1.82, 2.24) is 4.57 Å². The summed E-state index contributed by atoms with van der Waals surface area (Å²) in [6.07, 6.45) is 4.02. The van der Waals surface area contributed by atoms with E-state index in [0.717, 1.165) is 5.69 Å². The third kappa shape index (κ3) is 3.26. The first-order valence-corrected chi connectivity index (χ1v) is 8.35. The van der Waals surface area contributed by atoms with Gasteiger partial charge in [-0.15, -0.1) is 0 Å². The van der Waals surface area contributed by atoms with E-state index in [4.69, 9.17) is 16.3 Å². The fourth-order valence-electron chi connectivity index (χ4n) is 2.83. The van der Waals surface area contributed by atoms with Crippen molar-refractivity contribution in [1.29, 1.82) is 0 Å². The Balaban J connectivity index is 2.11. The standard InChI is InChI=1S/C20H18ClNO3/c1-2-20(19(23)24,15-8-7-9-16(21)14-15)25-18-11-4-3-10-17(18)22-12-5-6-13-22/h3-14H,2H2,1H3,(H,23,24). The molecule has 3 aromatic rings. The molecule has 1 N–H and O–H groups in total. The number of aliphatic carboxylic acids is 1. The zero-order valence-electron chi connectivity index (χ0n) is 13.7. The van der Waals surface area contributed by atoms with Gasteiger partial charge in [0.2, 0.25) is 5.60 Å². The number of aromatic nitrogens is 1. The average Bonchev–Trinajstić information content (AvgIpc) is 3.14. The first-order chi connectivity index (χ1) is 12.1. The van der Waals surface area contributed by atoms with Gasteiger partial charge in [-0.2, -0.15) is 0 Å². The molecular weight excluding hydrogens is 338 g/mol. The molecule has 0 fully saturated rings. The number of rotatable bonds is 6. The van der Waals surface area contributed by atoms with Crippen molar-refractivity contribution in [2.24, 2.45) is 0 Å². The molecule has 2 aromatic carbocycles. The second-order valence-corrected chi connectivity index (χ2v) is 6.09. The van der Waals surface area contributed by atoms with Gasteiger partial charge in [-0.25, -0.2) is 4.79 Å². The van der Waals surface area contributed by atoms with Crippen LogP contribution in [0.3, 0.4) is 0 Å². The van der Waals surface area contributed by atoms with Crippen LogP contribution >= 0.6 is 11.6 Å². The molecule has 0 aliphatic heterocycles. The van der Waals surface area contributed by atoms with Gasteiger partial charge in [0.1, 0.15) is 5.75 Å². The molecule has 0 saturated heterocycles. The van der Waals surface area contributed by atoms with Crippen LogP contribution in [0.4, 0.5) is 0 Å². The summed E-state index contributed by atoms with van der Waals surface area (Å²) < 4.78 is 8.01. The highest BCUT2D eigenvalue weighted by atomic mass is 35.5. The van der Waals surface area contributed by atoms with Crippen LogP contribution in [0, 0.1) is 0 Å². The minimum atomic E-state index is -1.52. The molecule has 0 bridgehead atoms. The number of benzene rings is 2. The molecule has 0 aliphatic carbocycles. The molecule has 0 amide bonds. The van der Waals surface area contributed by atoms with Gasteiger partial charge in [-0.1, -0.05) is 42.8 Å². The Morgan fingerprint density at radius 2 is 1.84 bits per heavy atom. The highest BCUT2D eigenvalue weighted by molar-refractivity contribution is 6.30. The van der Waals surface area contributed by atoms with E-state index in [1.165, 1.54) is 0 Å². The molecule has 1 atom stereocenters. The number of carboxylic acid groups (broad SMARTS) is 1. The lowest BCUT2D eigenvalue weighted by atomic mass is 9.90. The molecule has 0 spiro atoms. The summed E-state index contributed by atoms with van der Waals surface area (Å²) in [5.74, 6) is -0.567. The Labute approximate surface area is 151 Å². The van der Waals surface area contributed by atoms with Gasteiger partial charge in [-0.3, -0.25) is 0 Å². The Morgan fingerprint density at radius 1 is 1.12 bits per heavy atom. The number of carbonyl (C=O) groups is 1. The second kappa shape index (κ2) is 7.03. The minimum absolute atomic E-state index is 0.253. The number of carboxylic acids is 1. The van der Waals surface area contributed by atoms with Gasteiger partial charge in [-0.05, 0) is 42.8 Å². The zero-order chi connectivity index (χ0) is 17.9. The van der Waals surface area contributed by atoms with Crippen LogP contribution in [-0.2, 0) is 10.4 Å². The van der Waals surface area contributed by atoms with E-state index in [9.17, 15) is 9.90 Å². The van der Waals surface area contributed by atoms with Crippen molar-refractivity contribution < 1.29 is 14.6 Å². The normalized spacial score (nSPS) is 13.2. The highest BCUT2D eigenvalue weighted by Crippen LogP contribution is 2.36. The lowest BCUT2D eigenvalue weighted by Gasteiger charge is -2.31. The van der Waals surface area contributed by atoms with E-state index in [1.54, 1.807) is 37.3 Å². The number of halogens is 1. The predicted octanol–water partition coefficient (Wildman–Crippen LogP) is 4.90. The summed E-state index contributed by atoms with van der Waals surface area (Å²) in [5.41, 5.74) is -0.236. The number of para-hydroxylation sites is 2. The van der Waals surface area contributed by atoms with E-state index in [2.05, 4.69) is 0 Å². The van der Waals surface area contributed by atoms with Crippen LogP contribution in [0.5, 0.6) is 5.75 Å². The number of ether oxygens (including phenoxy) is 1. The maximum absolute atomic E-state index is 12.2. The zero-order valence-corrected chi connectivity index (χ0v) is 14.5. The number of hydrogen-bond donors (Lipinski definition) is 1. The summed E-state index contributed by atoms with van der Waals surface area (Å²) in [6, 6.07) is 18.0. The first-order valence-electron chi connectivity index (χ1n) is 7.97. The second-order valence-electron chi connectivity index (χ2n) is 5.66. The van der Waals surface area contributed by atoms with Gasteiger partial charge in [0, 0.05) is 23.0 Å². The maximum atomic E-state index is 12.2. The fraction of sp³-hybridized carbons (Fsp3) is 0.150. The van der Waals surface area contributed by atoms with E-state index >= 15 is 0 Å². The first kappa shape index (κ1) is 17.1. The largest absolute Gasteiger partial charge is 0.478 e. The molecule has 0 saturated carbocycles. The van der Waals surface area contributed by atoms with Crippen LogP contribution in [0.1, 0.15) is 18.9 Å². The molecule has 1 unspecified atom stereocenters. The van der Waals surface area contributed by atoms with Crippen molar-refractivity contribution >= 4 is 17.6 Å². The van der Waals surface area contributed by atoms with Crippen LogP contribution in [-0.4, -0.2) is 15.6 Å². The molecule has 5 heteroatoms. The molecular formula is C20H18ClNO3. The van der Waals surface area contributed by atoms with E-state index in [-0.39, 0.29) is 6.42 Å². The minimum Gasteiger partial charge on any atom is -0.478 e. The van der Waals surface area contributed by atoms with Crippen molar-refractivity contribution in [3.8, 4) is 11.4 Å². The quantitative estimate of drug-likeness (QED) is 0.684. The van der Waals surface area contributed by atoms with Crippen LogP contribution < -0.4 is 4.74 Å². The summed E-state index contributed by atoms with van der Waals surface area (Å²) in [6.45, 7) is 1.79. The SMILES string of the molecule is CCC(Oc1ccccc1-n1cccc1)(C(=O)O)c1cccc(Cl)c1. The molecule has 1 heterocycles. The summed E-state index contributed by atoms with van der Waals surface area (Å²) in [5, 5.41) is 10.4. The molecule has 3 rings (SSSR count). The Bertz CT molecular complexity index is 876. The van der Waals surface area contributed by atoms with Gasteiger partial charge in [0.15, 0.2) is 0 Å². The smallest absolute Gasteiger partial charge is 0.352 e. The summed E-state index contributed by atoms with van der Waals surface area (Å²) >= 11 is 6.08. The van der Waals surface area contributed by atoms with Crippen LogP contribution in [0.2, 0.25) is 5.02 Å². The molecule has 0 aliphatic rings. The maximum Gasteiger partial charge on any atom is 0.352 e. The molecule has 128 valence electrons. The van der Waals surface area contributed by atoms with Gasteiger partial charge in [0.05, 0.1) is 5.69 Å². The van der Waals surface area contributed by atoms with Gasteiger partial charge in [0.25, 0.3) is 0 Å². The molecule has 1 aromatic heterocycles. The van der Waals surface area contributed by atoms with E-state index in [1.807, 2.05) is 47.3 Å². The van der Waals surface area contributed by atoms with Crippen LogP contribution in [0.15, 0.2) is 73.1 Å². The topological polar surface area (TPSA) is 51.5 Å². The van der Waals surface area contributed by atoms with E-state index < -0.39 is 11.6 Å². The fourth-order valence-corrected chi connectivity index (χ4v) is 3.02. The van der Waals surface area contributed by atoms with Gasteiger partial charge < -0.3 is 14.4 Å². The monoisotopic (exact) mass is 355 g/mol. The van der Waals surface area contributed by atoms with Gasteiger partial charge >= 0.3 is 5.97 Å². The lowest BCUT2D eigenvalue weighted by molar-refractivity contribution is -0.156. The third-order valence-electron chi connectivity index (χ3n) is 4.17. The predicted molar refractivity (Wildman–Crippen MR) is 97.5 cm³/mol. The van der Waals surface area contributed by atoms with Crippen LogP contribution in [0.25, 0.3) is 5.69 Å². The Hall–Kier alpha value is -2.72. The number of hydrogen-bond acceptors (Lipinski definition) is 2. The molecule has 0 radical (unpaired) electrons. The highest BCUT2D eigenvalue weighted by Gasteiger charge is 2.42. The average molecular weight is 356 g/mol. The molecule has 4 nitrogen and oxygen atoms in total. The Morgan fingerprint density at radius 3 is 2.48 bits per heavy atom. The third-order valence-corrected chi connectivity index (χ3v) is 4.40. The lowest BCUT2D eigenvalue weighted by Crippen LogP contribution is -2.41. The summed E-state index contributed by atoms with van der Waals surface area (Å²) in [4.78, 5) is 12.2. The summed E-state index contributed by atoms with van der Waals surface area (Å²) in [7, 11) is 0. The van der Waals surface area contributed by atoms with Crippen molar-refractivity contribution in [2.45, 2.75) is 18.9 Å². The van der Waals surface area contributed by atoms with Crippen molar-refractivity contribution in [3.05, 3.63) is 83.6 Å². The molecule has 25 heavy (non-hydrogen) atoms. The van der Waals surface area contributed by atoms with E-state index in [0.29, 0.717) is 16.3 Å². The van der Waals surface area contributed by atoms with Crippen molar-refractivity contribution in [2.75, 3.05) is 0 Å². The number of nitrogens with zero attached hydrogens (tertiary/aromatic N) is 1.